The van der Waals surface area contributed by atoms with E-state index in [0.29, 0.717) is 6.54 Å². The molecule has 1 saturated heterocycles. The molecule has 2 aromatic heterocycles. The number of imidazole rings is 1. The third-order valence-electron chi connectivity index (χ3n) is 4.13. The molecule has 3 rings (SSSR count). The molecule has 0 spiro atoms. The van der Waals surface area contributed by atoms with Gasteiger partial charge in [0.2, 0.25) is 5.91 Å². The van der Waals surface area contributed by atoms with Gasteiger partial charge >= 0.3 is 0 Å². The number of carbonyl (C=O) groups is 1. The minimum atomic E-state index is 0.133. The number of piperazine rings is 1. The van der Waals surface area contributed by atoms with Crippen LogP contribution in [0.4, 0.5) is 0 Å². The summed E-state index contributed by atoms with van der Waals surface area (Å²) in [5.74, 6) is 0.977. The first kappa shape index (κ1) is 16.8. The van der Waals surface area contributed by atoms with Crippen LogP contribution in [0, 0.1) is 0 Å². The summed E-state index contributed by atoms with van der Waals surface area (Å²) in [7, 11) is 1.78. The van der Waals surface area contributed by atoms with E-state index in [9.17, 15) is 4.79 Å². The van der Waals surface area contributed by atoms with Crippen LogP contribution in [-0.4, -0.2) is 64.3 Å². The molecule has 0 aliphatic carbocycles. The third kappa shape index (κ3) is 3.69. The molecule has 0 bridgehead atoms. The summed E-state index contributed by atoms with van der Waals surface area (Å²) in [6.07, 6.45) is 4.00. The van der Waals surface area contributed by atoms with E-state index in [1.165, 1.54) is 0 Å². The van der Waals surface area contributed by atoms with Crippen molar-refractivity contribution in [2.45, 2.75) is 13.5 Å². The van der Waals surface area contributed by atoms with Gasteiger partial charge in [0.05, 0.1) is 12.2 Å². The molecule has 128 valence electrons. The Morgan fingerprint density at radius 2 is 1.96 bits per heavy atom. The number of aliphatic imine (C=N–C) groups is 1. The minimum Gasteiger partial charge on any atom is -0.351 e. The lowest BCUT2D eigenvalue weighted by molar-refractivity contribution is -0.130. The molecule has 1 fully saturated rings. The van der Waals surface area contributed by atoms with Gasteiger partial charge in [-0.1, -0.05) is 0 Å². The molecule has 2 aromatic rings. The van der Waals surface area contributed by atoms with E-state index < -0.39 is 0 Å². The first-order chi connectivity index (χ1) is 11.6. The lowest BCUT2D eigenvalue weighted by atomic mass is 10.3. The lowest BCUT2D eigenvalue weighted by Gasteiger charge is -2.36. The predicted octanol–water partition coefficient (Wildman–Crippen LogP) is 1.34. The predicted molar refractivity (Wildman–Crippen MR) is 96.9 cm³/mol. The van der Waals surface area contributed by atoms with Crippen LogP contribution >= 0.6 is 15.9 Å². The maximum atomic E-state index is 11.4. The fraction of sp³-hybridized carbons (Fsp3) is 0.438. The molecule has 8 heteroatoms. The Kier molecular flexibility index (Phi) is 5.03. The van der Waals surface area contributed by atoms with Crippen LogP contribution in [0.2, 0.25) is 0 Å². The first-order valence-corrected chi connectivity index (χ1v) is 8.70. The number of hydrogen-bond acceptors (Lipinski definition) is 3. The van der Waals surface area contributed by atoms with E-state index in [0.717, 1.165) is 48.0 Å². The SMILES string of the molecule is CN=C(NCc1cn2cc(Br)ccc2n1)N1CCN(C(C)=O)CC1. The standard InChI is InChI=1S/C16H21BrN6O/c1-12(24)21-5-7-22(8-6-21)16(18-2)19-9-14-11-23-10-13(17)3-4-15(23)20-14/h3-4,10-11H,5-9H2,1-2H3,(H,18,19). The largest absolute Gasteiger partial charge is 0.351 e. The number of amides is 1. The van der Waals surface area contributed by atoms with Crippen molar-refractivity contribution in [1.82, 2.24) is 24.5 Å². The van der Waals surface area contributed by atoms with Crippen molar-refractivity contribution in [1.29, 1.82) is 0 Å². The quantitative estimate of drug-likeness (QED) is 0.618. The molecule has 1 aliphatic heterocycles. The van der Waals surface area contributed by atoms with Gasteiger partial charge in [-0.2, -0.15) is 0 Å². The molecule has 0 saturated carbocycles. The summed E-state index contributed by atoms with van der Waals surface area (Å²) in [4.78, 5) is 24.4. The Balaban J connectivity index is 1.60. The van der Waals surface area contributed by atoms with Crippen LogP contribution in [-0.2, 0) is 11.3 Å². The average Bonchev–Trinajstić information content (AvgIpc) is 2.97. The summed E-state index contributed by atoms with van der Waals surface area (Å²) in [6, 6.07) is 3.95. The van der Waals surface area contributed by atoms with Crippen LogP contribution in [0.25, 0.3) is 5.65 Å². The molecule has 0 atom stereocenters. The summed E-state index contributed by atoms with van der Waals surface area (Å²) < 4.78 is 3.02. The summed E-state index contributed by atoms with van der Waals surface area (Å²) >= 11 is 3.46. The van der Waals surface area contributed by atoms with Gasteiger partial charge in [-0.15, -0.1) is 0 Å². The Morgan fingerprint density at radius 1 is 1.25 bits per heavy atom. The van der Waals surface area contributed by atoms with Gasteiger partial charge in [0, 0.05) is 57.0 Å². The van der Waals surface area contributed by atoms with E-state index in [1.54, 1.807) is 14.0 Å². The summed E-state index contributed by atoms with van der Waals surface area (Å²) in [6.45, 7) is 5.27. The highest BCUT2D eigenvalue weighted by atomic mass is 79.9. The van der Waals surface area contributed by atoms with E-state index in [-0.39, 0.29) is 5.91 Å². The van der Waals surface area contributed by atoms with Crippen molar-refractivity contribution in [2.75, 3.05) is 33.2 Å². The van der Waals surface area contributed by atoms with Crippen molar-refractivity contribution in [3.8, 4) is 0 Å². The van der Waals surface area contributed by atoms with E-state index in [2.05, 4.69) is 36.1 Å². The molecular formula is C16H21BrN6O. The van der Waals surface area contributed by atoms with Crippen LogP contribution in [0.1, 0.15) is 12.6 Å². The second-order valence-electron chi connectivity index (χ2n) is 5.74. The Labute approximate surface area is 149 Å². The van der Waals surface area contributed by atoms with E-state index in [1.807, 2.05) is 33.8 Å². The van der Waals surface area contributed by atoms with Crippen LogP contribution in [0.15, 0.2) is 34.0 Å². The van der Waals surface area contributed by atoms with Gasteiger partial charge in [-0.25, -0.2) is 4.98 Å². The average molecular weight is 393 g/mol. The van der Waals surface area contributed by atoms with Gasteiger partial charge in [-0.05, 0) is 28.1 Å². The number of aromatic nitrogens is 2. The summed E-state index contributed by atoms with van der Waals surface area (Å²) in [5, 5.41) is 3.36. The van der Waals surface area contributed by atoms with Gasteiger partial charge in [-0.3, -0.25) is 9.79 Å². The van der Waals surface area contributed by atoms with Crippen molar-refractivity contribution >= 4 is 33.4 Å². The fourth-order valence-corrected chi connectivity index (χ4v) is 3.19. The van der Waals surface area contributed by atoms with Crippen molar-refractivity contribution < 1.29 is 4.79 Å². The number of fused-ring (bicyclic) bond motifs is 1. The van der Waals surface area contributed by atoms with Crippen LogP contribution in [0.5, 0.6) is 0 Å². The van der Waals surface area contributed by atoms with Gasteiger partial charge in [0.1, 0.15) is 5.65 Å². The highest BCUT2D eigenvalue weighted by molar-refractivity contribution is 9.10. The molecule has 24 heavy (non-hydrogen) atoms. The monoisotopic (exact) mass is 392 g/mol. The topological polar surface area (TPSA) is 65.2 Å². The molecule has 0 unspecified atom stereocenters. The first-order valence-electron chi connectivity index (χ1n) is 7.91. The highest BCUT2D eigenvalue weighted by Crippen LogP contribution is 2.12. The second kappa shape index (κ2) is 7.21. The second-order valence-corrected chi connectivity index (χ2v) is 6.65. The molecule has 1 amide bonds. The Morgan fingerprint density at radius 3 is 2.62 bits per heavy atom. The Bertz CT molecular complexity index is 763. The Hall–Kier alpha value is -2.09. The number of carbonyl (C=O) groups excluding carboxylic acids is 1. The number of rotatable bonds is 2. The molecular weight excluding hydrogens is 372 g/mol. The smallest absolute Gasteiger partial charge is 0.219 e. The molecule has 1 N–H and O–H groups in total. The molecule has 0 radical (unpaired) electrons. The highest BCUT2D eigenvalue weighted by Gasteiger charge is 2.20. The van der Waals surface area contributed by atoms with Gasteiger partial charge in [0.15, 0.2) is 5.96 Å². The molecule has 3 heterocycles. The number of hydrogen-bond donors (Lipinski definition) is 1. The summed E-state index contributed by atoms with van der Waals surface area (Å²) in [5.41, 5.74) is 1.87. The minimum absolute atomic E-state index is 0.133. The number of nitrogens with zero attached hydrogens (tertiary/aromatic N) is 5. The van der Waals surface area contributed by atoms with E-state index >= 15 is 0 Å². The number of halogens is 1. The van der Waals surface area contributed by atoms with Crippen molar-refractivity contribution in [2.24, 2.45) is 4.99 Å². The zero-order valence-corrected chi connectivity index (χ0v) is 15.5. The maximum absolute atomic E-state index is 11.4. The molecule has 1 aliphatic rings. The van der Waals surface area contributed by atoms with E-state index in [4.69, 9.17) is 0 Å². The molecule has 7 nitrogen and oxygen atoms in total. The number of pyridine rings is 1. The zero-order valence-electron chi connectivity index (χ0n) is 13.9. The lowest BCUT2D eigenvalue weighted by Crippen LogP contribution is -2.53. The molecule has 0 aromatic carbocycles. The third-order valence-corrected chi connectivity index (χ3v) is 4.60. The normalized spacial score (nSPS) is 15.9. The maximum Gasteiger partial charge on any atom is 0.219 e. The van der Waals surface area contributed by atoms with Crippen LogP contribution in [0.3, 0.4) is 0 Å². The van der Waals surface area contributed by atoms with Crippen LogP contribution < -0.4 is 5.32 Å². The van der Waals surface area contributed by atoms with Gasteiger partial charge < -0.3 is 19.5 Å². The zero-order chi connectivity index (χ0) is 17.1. The van der Waals surface area contributed by atoms with Crippen molar-refractivity contribution in [3.05, 3.63) is 34.7 Å². The fourth-order valence-electron chi connectivity index (χ4n) is 2.84. The number of nitrogens with one attached hydrogen (secondary N) is 1. The van der Waals surface area contributed by atoms with Gasteiger partial charge in [0.25, 0.3) is 0 Å². The number of guanidine groups is 1. The van der Waals surface area contributed by atoms with Crippen molar-refractivity contribution in [3.63, 3.8) is 0 Å².